The minimum absolute atomic E-state index is 0.264. The van der Waals surface area contributed by atoms with E-state index in [9.17, 15) is 9.59 Å². The van der Waals surface area contributed by atoms with Gasteiger partial charge in [0, 0.05) is 25.0 Å². The maximum atomic E-state index is 12.8. The second-order valence-electron chi connectivity index (χ2n) is 5.94. The van der Waals surface area contributed by atoms with Crippen molar-refractivity contribution >= 4 is 34.7 Å². The molecule has 0 unspecified atom stereocenters. The van der Waals surface area contributed by atoms with Crippen LogP contribution in [0.15, 0.2) is 27.1 Å². The van der Waals surface area contributed by atoms with E-state index in [-0.39, 0.29) is 11.2 Å². The average molecular weight is 358 g/mol. The fourth-order valence-corrected chi connectivity index (χ4v) is 3.54. The Bertz CT molecular complexity index is 1020. The van der Waals surface area contributed by atoms with Crippen LogP contribution < -0.4 is 11.2 Å². The summed E-state index contributed by atoms with van der Waals surface area (Å²) in [5, 5.41) is 2.01. The lowest BCUT2D eigenvalue weighted by atomic mass is 10.4. The van der Waals surface area contributed by atoms with Crippen LogP contribution in [0.3, 0.4) is 0 Å². The summed E-state index contributed by atoms with van der Waals surface area (Å²) >= 11 is 1.64. The van der Waals surface area contributed by atoms with Gasteiger partial charge < -0.3 is 4.57 Å². The summed E-state index contributed by atoms with van der Waals surface area (Å²) in [5.41, 5.74) is 0.415. The highest BCUT2D eigenvalue weighted by Crippen LogP contribution is 2.16. The third-order valence-corrected chi connectivity index (χ3v) is 4.95. The standard InChI is InChI=1S/C18H22N4O2S/c1-4-10-21-16-15(17(23)22(11-5-2)18(21)24)20(3)14(19-16)9-8-13-7-6-12-25-13/h6-9,12H,4-5,10-11H2,1-3H3. The molecule has 0 saturated heterocycles. The van der Waals surface area contributed by atoms with Gasteiger partial charge in [0.25, 0.3) is 5.56 Å². The molecule has 3 rings (SSSR count). The van der Waals surface area contributed by atoms with Gasteiger partial charge in [0.1, 0.15) is 5.82 Å². The summed E-state index contributed by atoms with van der Waals surface area (Å²) in [6.07, 6.45) is 5.39. The van der Waals surface area contributed by atoms with E-state index < -0.39 is 0 Å². The number of hydrogen-bond acceptors (Lipinski definition) is 4. The zero-order chi connectivity index (χ0) is 18.0. The summed E-state index contributed by atoms with van der Waals surface area (Å²) in [5.74, 6) is 0.666. The first-order valence-electron chi connectivity index (χ1n) is 8.50. The van der Waals surface area contributed by atoms with E-state index in [2.05, 4.69) is 4.98 Å². The van der Waals surface area contributed by atoms with Crippen molar-refractivity contribution in [2.75, 3.05) is 0 Å². The number of fused-ring (bicyclic) bond motifs is 1. The topological polar surface area (TPSA) is 61.8 Å². The molecular weight excluding hydrogens is 336 g/mol. The molecular formula is C18H22N4O2S. The second kappa shape index (κ2) is 7.23. The van der Waals surface area contributed by atoms with Gasteiger partial charge in [-0.05, 0) is 36.4 Å². The van der Waals surface area contributed by atoms with Gasteiger partial charge in [-0.3, -0.25) is 13.9 Å². The molecule has 0 bridgehead atoms. The zero-order valence-corrected chi connectivity index (χ0v) is 15.5. The number of aromatic nitrogens is 4. The number of aryl methyl sites for hydroxylation is 2. The average Bonchev–Trinajstić information content (AvgIpc) is 3.22. The first kappa shape index (κ1) is 17.4. The Morgan fingerprint density at radius 3 is 2.48 bits per heavy atom. The van der Waals surface area contributed by atoms with Crippen LogP contribution in [-0.4, -0.2) is 18.7 Å². The molecule has 0 atom stereocenters. The third kappa shape index (κ3) is 3.11. The Kier molecular flexibility index (Phi) is 5.03. The van der Waals surface area contributed by atoms with Gasteiger partial charge in [0.05, 0.1) is 0 Å². The van der Waals surface area contributed by atoms with Crippen LogP contribution in [0.4, 0.5) is 0 Å². The quantitative estimate of drug-likeness (QED) is 0.681. The smallest absolute Gasteiger partial charge is 0.322 e. The van der Waals surface area contributed by atoms with Gasteiger partial charge in [-0.25, -0.2) is 9.78 Å². The summed E-state index contributed by atoms with van der Waals surface area (Å²) in [4.78, 5) is 31.2. The number of nitrogens with zero attached hydrogens (tertiary/aromatic N) is 4. The Balaban J connectivity index is 2.25. The fourth-order valence-electron chi connectivity index (χ4n) is 2.92. The summed E-state index contributed by atoms with van der Waals surface area (Å²) in [6, 6.07) is 4.01. The van der Waals surface area contributed by atoms with E-state index in [1.165, 1.54) is 4.57 Å². The SMILES string of the molecule is CCCn1c(=O)c2c(nc(C=Cc3cccs3)n2C)n(CCC)c1=O. The van der Waals surface area contributed by atoms with Crippen molar-refractivity contribution in [3.8, 4) is 0 Å². The number of rotatable bonds is 6. The highest BCUT2D eigenvalue weighted by molar-refractivity contribution is 7.10. The summed E-state index contributed by atoms with van der Waals surface area (Å²) in [7, 11) is 1.82. The molecule has 0 aliphatic heterocycles. The van der Waals surface area contributed by atoms with E-state index in [4.69, 9.17) is 0 Å². The van der Waals surface area contributed by atoms with Gasteiger partial charge in [-0.1, -0.05) is 19.9 Å². The predicted octanol–water partition coefficient (Wildman–Crippen LogP) is 2.95. The van der Waals surface area contributed by atoms with Crippen LogP contribution in [-0.2, 0) is 20.1 Å². The maximum Gasteiger partial charge on any atom is 0.332 e. The van der Waals surface area contributed by atoms with Crippen LogP contribution in [0.5, 0.6) is 0 Å². The third-order valence-electron chi connectivity index (χ3n) is 4.11. The first-order chi connectivity index (χ1) is 12.1. The second-order valence-corrected chi connectivity index (χ2v) is 6.92. The molecule has 132 valence electrons. The molecule has 6 nitrogen and oxygen atoms in total. The van der Waals surface area contributed by atoms with Gasteiger partial charge in [-0.15, -0.1) is 11.3 Å². The lowest BCUT2D eigenvalue weighted by Crippen LogP contribution is -2.40. The lowest BCUT2D eigenvalue weighted by molar-refractivity contribution is 0.554. The van der Waals surface area contributed by atoms with Crippen molar-refractivity contribution in [3.63, 3.8) is 0 Å². The van der Waals surface area contributed by atoms with Gasteiger partial charge in [0.2, 0.25) is 0 Å². The first-order valence-corrected chi connectivity index (χ1v) is 9.38. The Morgan fingerprint density at radius 2 is 1.84 bits per heavy atom. The Hall–Kier alpha value is -2.41. The van der Waals surface area contributed by atoms with Crippen molar-refractivity contribution in [1.82, 2.24) is 18.7 Å². The molecule has 3 heterocycles. The van der Waals surface area contributed by atoms with Crippen LogP contribution in [0.1, 0.15) is 37.4 Å². The zero-order valence-electron chi connectivity index (χ0n) is 14.7. The van der Waals surface area contributed by atoms with Crippen molar-refractivity contribution in [1.29, 1.82) is 0 Å². The van der Waals surface area contributed by atoms with E-state index in [0.717, 1.165) is 17.7 Å². The Morgan fingerprint density at radius 1 is 1.12 bits per heavy atom. The minimum Gasteiger partial charge on any atom is -0.322 e. The van der Waals surface area contributed by atoms with E-state index >= 15 is 0 Å². The molecule has 0 aromatic carbocycles. The van der Waals surface area contributed by atoms with E-state index in [0.29, 0.717) is 30.1 Å². The van der Waals surface area contributed by atoms with Crippen LogP contribution in [0.25, 0.3) is 23.3 Å². The molecule has 0 N–H and O–H groups in total. The van der Waals surface area contributed by atoms with Crippen molar-refractivity contribution in [2.24, 2.45) is 7.05 Å². The Labute approximate surface area is 149 Å². The molecule has 0 fully saturated rings. The molecule has 25 heavy (non-hydrogen) atoms. The molecule has 3 aromatic rings. The monoisotopic (exact) mass is 358 g/mol. The van der Waals surface area contributed by atoms with E-state index in [1.807, 2.05) is 50.6 Å². The molecule has 3 aromatic heterocycles. The fraction of sp³-hybridized carbons (Fsp3) is 0.389. The van der Waals surface area contributed by atoms with Gasteiger partial charge >= 0.3 is 5.69 Å². The van der Waals surface area contributed by atoms with Gasteiger partial charge in [0.15, 0.2) is 11.2 Å². The van der Waals surface area contributed by atoms with Crippen LogP contribution in [0, 0.1) is 0 Å². The highest BCUT2D eigenvalue weighted by atomic mass is 32.1. The number of thiophene rings is 1. The molecule has 0 aliphatic rings. The van der Waals surface area contributed by atoms with Crippen LogP contribution in [0.2, 0.25) is 0 Å². The number of imidazole rings is 1. The number of hydrogen-bond donors (Lipinski definition) is 0. The highest BCUT2D eigenvalue weighted by Gasteiger charge is 2.18. The molecule has 0 saturated carbocycles. The molecule has 0 radical (unpaired) electrons. The van der Waals surface area contributed by atoms with Crippen LogP contribution >= 0.6 is 11.3 Å². The maximum absolute atomic E-state index is 12.8. The van der Waals surface area contributed by atoms with Crippen molar-refractivity contribution < 1.29 is 0 Å². The largest absolute Gasteiger partial charge is 0.332 e. The summed E-state index contributed by atoms with van der Waals surface area (Å²) < 4.78 is 4.72. The predicted molar refractivity (Wildman–Crippen MR) is 103 cm³/mol. The summed E-state index contributed by atoms with van der Waals surface area (Å²) in [6.45, 7) is 4.93. The normalized spacial score (nSPS) is 11.8. The minimum atomic E-state index is -0.270. The van der Waals surface area contributed by atoms with Crippen molar-refractivity contribution in [2.45, 2.75) is 39.8 Å². The van der Waals surface area contributed by atoms with Crippen molar-refractivity contribution in [3.05, 3.63) is 49.1 Å². The molecule has 0 aliphatic carbocycles. The molecule has 7 heteroatoms. The molecule has 0 spiro atoms. The van der Waals surface area contributed by atoms with E-state index in [1.54, 1.807) is 20.5 Å². The molecule has 0 amide bonds. The van der Waals surface area contributed by atoms with Gasteiger partial charge in [-0.2, -0.15) is 0 Å². The lowest BCUT2D eigenvalue weighted by Gasteiger charge is -2.10.